The molecule has 0 bridgehead atoms. The molecule has 1 saturated carbocycles. The molecule has 1 fully saturated rings. The van der Waals surface area contributed by atoms with Crippen LogP contribution in [0.3, 0.4) is 0 Å². The molecule has 1 heterocycles. The number of nitrogens with zero attached hydrogens (tertiary/aromatic N) is 3. The van der Waals surface area contributed by atoms with Crippen LogP contribution in [0.15, 0.2) is 10.7 Å². The highest BCUT2D eigenvalue weighted by molar-refractivity contribution is 9.10. The predicted molar refractivity (Wildman–Crippen MR) is 55.0 cm³/mol. The van der Waals surface area contributed by atoms with Crippen LogP contribution >= 0.6 is 15.9 Å². The van der Waals surface area contributed by atoms with E-state index in [2.05, 4.69) is 25.9 Å². The van der Waals surface area contributed by atoms with Gasteiger partial charge in [-0.05, 0) is 28.8 Å². The van der Waals surface area contributed by atoms with Gasteiger partial charge in [0.05, 0.1) is 16.7 Å². The van der Waals surface area contributed by atoms with E-state index in [0.717, 1.165) is 21.1 Å². The number of hydrogen-bond donors (Lipinski definition) is 1. The van der Waals surface area contributed by atoms with Crippen molar-refractivity contribution in [2.75, 3.05) is 7.05 Å². The topological polar surface area (TPSA) is 49.2 Å². The fraction of sp³-hybridized carbons (Fsp3) is 0.556. The maximum absolute atomic E-state index is 9.13. The number of hydroxylamine groups is 2. The van der Waals surface area contributed by atoms with E-state index >= 15 is 0 Å². The zero-order valence-electron chi connectivity index (χ0n) is 7.94. The highest BCUT2D eigenvalue weighted by atomic mass is 79.9. The van der Waals surface area contributed by atoms with Crippen LogP contribution in [-0.4, -0.2) is 27.3 Å². The summed E-state index contributed by atoms with van der Waals surface area (Å²) in [7, 11) is 1.60. The first-order chi connectivity index (χ1) is 6.66. The molecule has 0 spiro atoms. The Kier molecular flexibility index (Phi) is 2.80. The average molecular weight is 258 g/mol. The fourth-order valence-electron chi connectivity index (χ4n) is 1.28. The minimum absolute atomic E-state index is 0.419. The van der Waals surface area contributed by atoms with Crippen molar-refractivity contribution in [1.82, 2.24) is 15.0 Å². The second-order valence-electron chi connectivity index (χ2n) is 3.61. The average Bonchev–Trinajstić information content (AvgIpc) is 2.91. The summed E-state index contributed by atoms with van der Waals surface area (Å²) < 4.78 is 0.850. The van der Waals surface area contributed by atoms with Crippen LogP contribution in [0.1, 0.15) is 30.3 Å². The van der Waals surface area contributed by atoms with Crippen molar-refractivity contribution in [3.05, 3.63) is 22.2 Å². The van der Waals surface area contributed by atoms with Gasteiger partial charge in [-0.15, -0.1) is 0 Å². The Morgan fingerprint density at radius 2 is 2.36 bits per heavy atom. The first kappa shape index (κ1) is 10.0. The molecular weight excluding hydrogens is 246 g/mol. The number of halogens is 1. The fourth-order valence-corrected chi connectivity index (χ4v) is 1.60. The molecule has 0 radical (unpaired) electrons. The number of hydrogen-bond acceptors (Lipinski definition) is 4. The highest BCUT2D eigenvalue weighted by Crippen LogP contribution is 2.38. The zero-order valence-corrected chi connectivity index (χ0v) is 9.53. The lowest BCUT2D eigenvalue weighted by Crippen LogP contribution is -2.14. The van der Waals surface area contributed by atoms with Gasteiger partial charge in [0.25, 0.3) is 0 Å². The lowest BCUT2D eigenvalue weighted by Gasteiger charge is -2.09. The van der Waals surface area contributed by atoms with Crippen LogP contribution in [0.25, 0.3) is 0 Å². The van der Waals surface area contributed by atoms with Gasteiger partial charge in [-0.25, -0.2) is 9.97 Å². The molecule has 0 aromatic carbocycles. The summed E-state index contributed by atoms with van der Waals surface area (Å²) >= 11 is 3.37. The molecular formula is C9H12BrN3O. The van der Waals surface area contributed by atoms with Crippen molar-refractivity contribution in [2.45, 2.75) is 25.3 Å². The molecule has 1 N–H and O–H groups in total. The molecule has 0 aliphatic heterocycles. The standard InChI is InChI=1S/C9H12BrN3O/c1-13(14)5-8-7(10)4-11-9(12-8)6-2-3-6/h4,6,14H,2-3,5H2,1H3. The van der Waals surface area contributed by atoms with Gasteiger partial charge in [0.1, 0.15) is 5.82 Å². The van der Waals surface area contributed by atoms with Crippen molar-refractivity contribution < 1.29 is 5.21 Å². The number of aromatic nitrogens is 2. The van der Waals surface area contributed by atoms with Gasteiger partial charge >= 0.3 is 0 Å². The largest absolute Gasteiger partial charge is 0.314 e. The summed E-state index contributed by atoms with van der Waals surface area (Å²) in [5.41, 5.74) is 0.840. The van der Waals surface area contributed by atoms with Crippen molar-refractivity contribution in [3.8, 4) is 0 Å². The summed E-state index contributed by atoms with van der Waals surface area (Å²) in [4.78, 5) is 8.66. The van der Waals surface area contributed by atoms with Gasteiger partial charge in [0, 0.05) is 19.2 Å². The van der Waals surface area contributed by atoms with Crippen LogP contribution in [0.2, 0.25) is 0 Å². The molecule has 4 nitrogen and oxygen atoms in total. The lowest BCUT2D eigenvalue weighted by molar-refractivity contribution is -0.0742. The van der Waals surface area contributed by atoms with E-state index in [1.807, 2.05) is 0 Å². The van der Waals surface area contributed by atoms with E-state index in [4.69, 9.17) is 5.21 Å². The minimum atomic E-state index is 0.419. The van der Waals surface area contributed by atoms with Gasteiger partial charge in [0.15, 0.2) is 0 Å². The van der Waals surface area contributed by atoms with Gasteiger partial charge < -0.3 is 5.21 Å². The first-order valence-electron chi connectivity index (χ1n) is 4.58. The summed E-state index contributed by atoms with van der Waals surface area (Å²) in [6.45, 7) is 0.419. The summed E-state index contributed by atoms with van der Waals surface area (Å²) in [5, 5.41) is 10.2. The lowest BCUT2D eigenvalue weighted by atomic mass is 10.3. The highest BCUT2D eigenvalue weighted by Gasteiger charge is 2.27. The molecule has 0 unspecified atom stereocenters. The van der Waals surface area contributed by atoms with Crippen molar-refractivity contribution in [1.29, 1.82) is 0 Å². The molecule has 0 amide bonds. The van der Waals surface area contributed by atoms with E-state index in [1.165, 1.54) is 12.8 Å². The first-order valence-corrected chi connectivity index (χ1v) is 5.37. The quantitative estimate of drug-likeness (QED) is 0.842. The molecule has 2 rings (SSSR count). The SMILES string of the molecule is CN(O)Cc1nc(C2CC2)ncc1Br. The maximum Gasteiger partial charge on any atom is 0.131 e. The Balaban J connectivity index is 2.22. The molecule has 1 aliphatic carbocycles. The van der Waals surface area contributed by atoms with Crippen molar-refractivity contribution >= 4 is 15.9 Å². The van der Waals surface area contributed by atoms with E-state index in [9.17, 15) is 0 Å². The Labute approximate surface area is 91.1 Å². The maximum atomic E-state index is 9.13. The molecule has 1 aromatic heterocycles. The molecule has 0 atom stereocenters. The third-order valence-electron chi connectivity index (χ3n) is 2.16. The van der Waals surface area contributed by atoms with Crippen LogP contribution in [0.5, 0.6) is 0 Å². The Bertz CT molecular complexity index is 339. The third kappa shape index (κ3) is 2.29. The molecule has 14 heavy (non-hydrogen) atoms. The van der Waals surface area contributed by atoms with Crippen LogP contribution in [0.4, 0.5) is 0 Å². The van der Waals surface area contributed by atoms with Gasteiger partial charge in [-0.3, -0.25) is 0 Å². The molecule has 1 aromatic rings. The monoisotopic (exact) mass is 257 g/mol. The summed E-state index contributed by atoms with van der Waals surface area (Å²) in [6, 6.07) is 0. The van der Waals surface area contributed by atoms with Crippen molar-refractivity contribution in [2.24, 2.45) is 0 Å². The Morgan fingerprint density at radius 3 is 2.93 bits per heavy atom. The predicted octanol–water partition coefficient (Wildman–Crippen LogP) is 1.94. The van der Waals surface area contributed by atoms with Crippen molar-refractivity contribution in [3.63, 3.8) is 0 Å². The van der Waals surface area contributed by atoms with Gasteiger partial charge in [0.2, 0.25) is 0 Å². The minimum Gasteiger partial charge on any atom is -0.314 e. The van der Waals surface area contributed by atoms with Crippen LogP contribution in [-0.2, 0) is 6.54 Å². The second kappa shape index (κ2) is 3.92. The second-order valence-corrected chi connectivity index (χ2v) is 4.47. The molecule has 76 valence electrons. The molecule has 0 saturated heterocycles. The van der Waals surface area contributed by atoms with Crippen LogP contribution < -0.4 is 0 Å². The summed E-state index contributed by atoms with van der Waals surface area (Å²) in [5.74, 6) is 1.45. The molecule has 1 aliphatic rings. The smallest absolute Gasteiger partial charge is 0.131 e. The molecule has 5 heteroatoms. The Hall–Kier alpha value is -0.520. The van der Waals surface area contributed by atoms with Gasteiger partial charge in [-0.1, -0.05) is 0 Å². The van der Waals surface area contributed by atoms with Gasteiger partial charge in [-0.2, -0.15) is 5.06 Å². The Morgan fingerprint density at radius 1 is 1.64 bits per heavy atom. The summed E-state index contributed by atoms with van der Waals surface area (Å²) in [6.07, 6.45) is 4.14. The zero-order chi connectivity index (χ0) is 10.1. The van der Waals surface area contributed by atoms with E-state index in [0.29, 0.717) is 12.5 Å². The normalized spacial score (nSPS) is 16.3. The van der Waals surface area contributed by atoms with Crippen LogP contribution in [0, 0.1) is 0 Å². The third-order valence-corrected chi connectivity index (χ3v) is 2.82. The number of rotatable bonds is 3. The van der Waals surface area contributed by atoms with E-state index in [-0.39, 0.29) is 0 Å². The van der Waals surface area contributed by atoms with E-state index < -0.39 is 0 Å². The van der Waals surface area contributed by atoms with E-state index in [1.54, 1.807) is 13.2 Å².